The van der Waals surface area contributed by atoms with Crippen molar-refractivity contribution in [2.24, 2.45) is 0 Å². The van der Waals surface area contributed by atoms with E-state index >= 15 is 0 Å². The van der Waals surface area contributed by atoms with Gasteiger partial charge in [-0.3, -0.25) is 4.79 Å². The number of hydrogen-bond donors (Lipinski definition) is 1. The third-order valence-electron chi connectivity index (χ3n) is 4.01. The largest absolute Gasteiger partial charge is 0.375 e. The van der Waals surface area contributed by atoms with Crippen molar-refractivity contribution in [3.05, 3.63) is 21.4 Å². The summed E-state index contributed by atoms with van der Waals surface area (Å²) in [7, 11) is 0. The zero-order valence-corrected chi connectivity index (χ0v) is 14.4. The number of hydrogen-bond acceptors (Lipinski definition) is 3. The quantitative estimate of drug-likeness (QED) is 0.894. The van der Waals surface area contributed by atoms with Crippen molar-refractivity contribution in [2.45, 2.75) is 78.0 Å². The van der Waals surface area contributed by atoms with Crippen LogP contribution in [0.2, 0.25) is 0 Å². The van der Waals surface area contributed by atoms with E-state index in [0.29, 0.717) is 0 Å². The van der Waals surface area contributed by atoms with Crippen LogP contribution in [0.5, 0.6) is 0 Å². The fraction of sp³-hybridized carbons (Fsp3) is 0.706. The second-order valence-corrected chi connectivity index (χ2v) is 7.20. The lowest BCUT2D eigenvalue weighted by atomic mass is 10.00. The van der Waals surface area contributed by atoms with Gasteiger partial charge in [-0.2, -0.15) is 0 Å². The molecule has 2 heterocycles. The number of aryl methyl sites for hydroxylation is 2. The number of amides is 1. The van der Waals surface area contributed by atoms with Gasteiger partial charge < -0.3 is 10.1 Å². The van der Waals surface area contributed by atoms with E-state index in [1.54, 1.807) is 11.3 Å². The molecule has 0 saturated carbocycles. The summed E-state index contributed by atoms with van der Waals surface area (Å²) in [4.78, 5) is 14.7. The molecule has 3 nitrogen and oxygen atoms in total. The molecule has 0 aliphatic carbocycles. The Labute approximate surface area is 132 Å². The minimum Gasteiger partial charge on any atom is -0.375 e. The van der Waals surface area contributed by atoms with Gasteiger partial charge in [0.15, 0.2) is 0 Å². The van der Waals surface area contributed by atoms with Crippen LogP contribution in [0.1, 0.15) is 67.1 Å². The maximum atomic E-state index is 12.5. The van der Waals surface area contributed by atoms with Crippen molar-refractivity contribution >= 4 is 17.2 Å². The predicted octanol–water partition coefficient (Wildman–Crippen LogP) is 3.95. The Morgan fingerprint density at radius 3 is 2.57 bits per heavy atom. The minimum absolute atomic E-state index is 0.0864. The zero-order chi connectivity index (χ0) is 15.4. The zero-order valence-electron chi connectivity index (χ0n) is 13.6. The number of ether oxygens (including phenoxy) is 1. The Morgan fingerprint density at radius 2 is 2.00 bits per heavy atom. The number of rotatable bonds is 5. The Bertz CT molecular complexity index is 473. The number of carbonyl (C=O) groups is 1. The molecule has 2 rings (SSSR count). The highest BCUT2D eigenvalue weighted by atomic mass is 32.1. The smallest absolute Gasteiger partial charge is 0.261 e. The van der Waals surface area contributed by atoms with Gasteiger partial charge in [-0.15, -0.1) is 11.3 Å². The van der Waals surface area contributed by atoms with Crippen LogP contribution in [0.4, 0.5) is 0 Å². The first-order valence-electron chi connectivity index (χ1n) is 8.11. The van der Waals surface area contributed by atoms with E-state index < -0.39 is 0 Å². The molecule has 1 N–H and O–H groups in total. The van der Waals surface area contributed by atoms with Crippen molar-refractivity contribution in [2.75, 3.05) is 0 Å². The average molecular weight is 309 g/mol. The number of nitrogens with one attached hydrogen (secondary N) is 1. The summed E-state index contributed by atoms with van der Waals surface area (Å²) < 4.78 is 5.73. The van der Waals surface area contributed by atoms with E-state index in [2.05, 4.69) is 39.1 Å². The Morgan fingerprint density at radius 1 is 1.33 bits per heavy atom. The van der Waals surface area contributed by atoms with Crippen molar-refractivity contribution in [3.8, 4) is 0 Å². The van der Waals surface area contributed by atoms with Crippen molar-refractivity contribution in [3.63, 3.8) is 0 Å². The molecule has 0 radical (unpaired) electrons. The summed E-state index contributed by atoms with van der Waals surface area (Å²) in [5.41, 5.74) is 1.33. The molecule has 2 atom stereocenters. The third-order valence-corrected chi connectivity index (χ3v) is 5.25. The van der Waals surface area contributed by atoms with Crippen LogP contribution in [0.3, 0.4) is 0 Å². The lowest BCUT2D eigenvalue weighted by molar-refractivity contribution is -0.0407. The molecule has 1 saturated heterocycles. The van der Waals surface area contributed by atoms with Gasteiger partial charge in [-0.25, -0.2) is 0 Å². The van der Waals surface area contributed by atoms with E-state index in [0.717, 1.165) is 37.0 Å². The highest BCUT2D eigenvalue weighted by Crippen LogP contribution is 2.25. The van der Waals surface area contributed by atoms with Gasteiger partial charge in [0.1, 0.15) is 0 Å². The summed E-state index contributed by atoms with van der Waals surface area (Å²) in [5.74, 6) is 0.0864. The summed E-state index contributed by atoms with van der Waals surface area (Å²) in [6, 6.07) is 2.31. The Hall–Kier alpha value is -0.870. The molecule has 0 spiro atoms. The second-order valence-electron chi connectivity index (χ2n) is 6.06. The van der Waals surface area contributed by atoms with Crippen LogP contribution in [-0.2, 0) is 17.6 Å². The number of carbonyl (C=O) groups excluding carboxylic acids is 1. The molecule has 1 amide bonds. The molecule has 118 valence electrons. The molecular weight excluding hydrogens is 282 g/mol. The summed E-state index contributed by atoms with van der Waals surface area (Å²) in [6.07, 6.45) is 5.47. The predicted molar refractivity (Wildman–Crippen MR) is 88.2 cm³/mol. The lowest BCUT2D eigenvalue weighted by Crippen LogP contribution is -2.43. The standard InChI is InChI=1S/C17H27NO2S/c1-5-7-15-13(6-2)10-16(21-15)17(19)18-14-8-11(3)20-12(4)9-14/h10-12,14H,5-9H2,1-4H3,(H,18,19)/t11-,12-/m0/s1. The SMILES string of the molecule is CCCc1sc(C(=O)NC2C[C@H](C)O[C@@H](C)C2)cc1CC. The maximum absolute atomic E-state index is 12.5. The first-order chi connectivity index (χ1) is 10.0. The molecule has 1 aromatic heterocycles. The van der Waals surface area contributed by atoms with Gasteiger partial charge in [0.2, 0.25) is 0 Å². The average Bonchev–Trinajstić information content (AvgIpc) is 2.81. The molecule has 0 aromatic carbocycles. The molecule has 1 aliphatic heterocycles. The highest BCUT2D eigenvalue weighted by Gasteiger charge is 2.26. The molecule has 1 fully saturated rings. The van der Waals surface area contributed by atoms with Crippen LogP contribution >= 0.6 is 11.3 Å². The van der Waals surface area contributed by atoms with Gasteiger partial charge in [-0.05, 0) is 51.2 Å². The van der Waals surface area contributed by atoms with Crippen LogP contribution in [0, 0.1) is 0 Å². The van der Waals surface area contributed by atoms with Gasteiger partial charge in [0.05, 0.1) is 17.1 Å². The molecule has 1 aliphatic rings. The Kier molecular flexibility index (Phi) is 5.82. The molecule has 0 bridgehead atoms. The molecular formula is C17H27NO2S. The third kappa shape index (κ3) is 4.30. The monoisotopic (exact) mass is 309 g/mol. The fourth-order valence-corrected chi connectivity index (χ4v) is 4.35. The maximum Gasteiger partial charge on any atom is 0.261 e. The van der Waals surface area contributed by atoms with Gasteiger partial charge in [-0.1, -0.05) is 20.3 Å². The van der Waals surface area contributed by atoms with Crippen LogP contribution in [-0.4, -0.2) is 24.2 Å². The van der Waals surface area contributed by atoms with Crippen LogP contribution < -0.4 is 5.32 Å². The number of thiophene rings is 1. The molecule has 4 heteroatoms. The van der Waals surface area contributed by atoms with E-state index in [-0.39, 0.29) is 24.2 Å². The van der Waals surface area contributed by atoms with Gasteiger partial charge in [0, 0.05) is 10.9 Å². The van der Waals surface area contributed by atoms with E-state index in [4.69, 9.17) is 4.74 Å². The highest BCUT2D eigenvalue weighted by molar-refractivity contribution is 7.14. The molecule has 1 aromatic rings. The fourth-order valence-electron chi connectivity index (χ4n) is 3.10. The van der Waals surface area contributed by atoms with Crippen molar-refractivity contribution in [1.82, 2.24) is 5.32 Å². The summed E-state index contributed by atoms with van der Waals surface area (Å²) in [6.45, 7) is 8.50. The van der Waals surface area contributed by atoms with Crippen molar-refractivity contribution < 1.29 is 9.53 Å². The summed E-state index contributed by atoms with van der Waals surface area (Å²) >= 11 is 1.66. The lowest BCUT2D eigenvalue weighted by Gasteiger charge is -2.32. The van der Waals surface area contributed by atoms with E-state index in [1.807, 2.05) is 0 Å². The van der Waals surface area contributed by atoms with E-state index in [9.17, 15) is 4.79 Å². The van der Waals surface area contributed by atoms with Crippen molar-refractivity contribution in [1.29, 1.82) is 0 Å². The Balaban J connectivity index is 2.02. The van der Waals surface area contributed by atoms with Crippen LogP contribution in [0.15, 0.2) is 6.07 Å². The second kappa shape index (κ2) is 7.41. The summed E-state index contributed by atoms with van der Waals surface area (Å²) in [5, 5.41) is 3.19. The van der Waals surface area contributed by atoms with E-state index in [1.165, 1.54) is 10.4 Å². The first kappa shape index (κ1) is 16.5. The molecule has 21 heavy (non-hydrogen) atoms. The van der Waals surface area contributed by atoms with Gasteiger partial charge >= 0.3 is 0 Å². The topological polar surface area (TPSA) is 38.3 Å². The minimum atomic E-state index is 0.0864. The first-order valence-corrected chi connectivity index (χ1v) is 8.93. The van der Waals surface area contributed by atoms with Gasteiger partial charge in [0.25, 0.3) is 5.91 Å². The normalized spacial score (nSPS) is 25.8. The molecule has 0 unspecified atom stereocenters. The van der Waals surface area contributed by atoms with Crippen LogP contribution in [0.25, 0.3) is 0 Å².